The molecule has 1 aliphatic carbocycles. The number of carboxylic acid groups (broad SMARTS) is 1. The molecule has 1 aromatic rings. The van der Waals surface area contributed by atoms with Gasteiger partial charge in [-0.15, -0.1) is 0 Å². The lowest BCUT2D eigenvalue weighted by Gasteiger charge is -2.23. The monoisotopic (exact) mass is 305 g/mol. The molecule has 1 aliphatic rings. The Balaban J connectivity index is 2.00. The second-order valence-corrected chi connectivity index (χ2v) is 5.77. The van der Waals surface area contributed by atoms with Gasteiger partial charge in [0.25, 0.3) is 5.91 Å². The molecular formula is C17H23NO4. The van der Waals surface area contributed by atoms with Gasteiger partial charge in [-0.05, 0) is 37.8 Å². The summed E-state index contributed by atoms with van der Waals surface area (Å²) >= 11 is 0. The van der Waals surface area contributed by atoms with Gasteiger partial charge in [-0.2, -0.15) is 0 Å². The minimum Gasteiger partial charge on any atom is -0.481 e. The van der Waals surface area contributed by atoms with E-state index in [9.17, 15) is 14.7 Å². The van der Waals surface area contributed by atoms with Crippen molar-refractivity contribution >= 4 is 11.9 Å². The van der Waals surface area contributed by atoms with Crippen molar-refractivity contribution in [1.82, 2.24) is 5.32 Å². The van der Waals surface area contributed by atoms with Crippen molar-refractivity contribution in [3.8, 4) is 5.75 Å². The Morgan fingerprint density at radius 2 is 2.09 bits per heavy atom. The van der Waals surface area contributed by atoms with Crippen LogP contribution in [0.1, 0.15) is 38.2 Å². The van der Waals surface area contributed by atoms with Crippen LogP contribution in [0.3, 0.4) is 0 Å². The Morgan fingerprint density at radius 3 is 2.73 bits per heavy atom. The van der Waals surface area contributed by atoms with Crippen molar-refractivity contribution < 1.29 is 19.4 Å². The SMILES string of the molecule is CCC(Oc1ccccc1C)C(=O)N[C@@H]1CCC[C@@H]1C(=O)O. The summed E-state index contributed by atoms with van der Waals surface area (Å²) in [6.07, 6.45) is 2.09. The molecule has 0 aromatic heterocycles. The molecule has 0 bridgehead atoms. The van der Waals surface area contributed by atoms with Crippen LogP contribution in [-0.4, -0.2) is 29.1 Å². The number of aryl methyl sites for hydroxylation is 1. The van der Waals surface area contributed by atoms with E-state index in [2.05, 4.69) is 5.32 Å². The number of amides is 1. The fourth-order valence-electron chi connectivity index (χ4n) is 2.87. The maximum atomic E-state index is 12.4. The predicted molar refractivity (Wildman–Crippen MR) is 82.8 cm³/mol. The van der Waals surface area contributed by atoms with E-state index in [-0.39, 0.29) is 11.9 Å². The number of benzene rings is 1. The molecule has 0 heterocycles. The molecule has 0 spiro atoms. The highest BCUT2D eigenvalue weighted by Gasteiger charge is 2.35. The van der Waals surface area contributed by atoms with Crippen LogP contribution in [-0.2, 0) is 9.59 Å². The first kappa shape index (κ1) is 16.3. The number of hydrogen-bond acceptors (Lipinski definition) is 3. The number of rotatable bonds is 6. The minimum atomic E-state index is -0.837. The molecule has 2 rings (SSSR count). The summed E-state index contributed by atoms with van der Waals surface area (Å²) in [6, 6.07) is 7.25. The first-order chi connectivity index (χ1) is 10.5. The molecule has 22 heavy (non-hydrogen) atoms. The van der Waals surface area contributed by atoms with Crippen molar-refractivity contribution in [2.24, 2.45) is 5.92 Å². The Kier molecular flexibility index (Phi) is 5.41. The van der Waals surface area contributed by atoms with Gasteiger partial charge in [-0.25, -0.2) is 0 Å². The Hall–Kier alpha value is -2.04. The van der Waals surface area contributed by atoms with Gasteiger partial charge in [-0.1, -0.05) is 31.5 Å². The highest BCUT2D eigenvalue weighted by molar-refractivity contribution is 5.82. The molecule has 1 amide bonds. The number of aliphatic carboxylic acids is 1. The summed E-state index contributed by atoms with van der Waals surface area (Å²) in [4.78, 5) is 23.6. The second-order valence-electron chi connectivity index (χ2n) is 5.77. The molecule has 5 nitrogen and oxygen atoms in total. The van der Waals surface area contributed by atoms with Crippen LogP contribution in [0.2, 0.25) is 0 Å². The molecule has 1 saturated carbocycles. The topological polar surface area (TPSA) is 75.6 Å². The quantitative estimate of drug-likeness (QED) is 0.847. The van der Waals surface area contributed by atoms with Gasteiger partial charge >= 0.3 is 5.97 Å². The molecule has 1 aromatic carbocycles. The van der Waals surface area contributed by atoms with Crippen LogP contribution in [0.5, 0.6) is 5.75 Å². The standard InChI is InChI=1S/C17H23NO4/c1-3-14(22-15-10-5-4-7-11(15)2)16(19)18-13-9-6-8-12(13)17(20)21/h4-5,7,10,12-14H,3,6,8-9H2,1-2H3,(H,18,19)(H,20,21)/t12-,13+,14?/m0/s1. The van der Waals surface area contributed by atoms with E-state index in [1.807, 2.05) is 38.1 Å². The van der Waals surface area contributed by atoms with Crippen molar-refractivity contribution in [1.29, 1.82) is 0 Å². The largest absolute Gasteiger partial charge is 0.481 e. The number of carbonyl (C=O) groups excluding carboxylic acids is 1. The van der Waals surface area contributed by atoms with Crippen LogP contribution < -0.4 is 10.1 Å². The molecule has 120 valence electrons. The smallest absolute Gasteiger partial charge is 0.308 e. The van der Waals surface area contributed by atoms with Crippen LogP contribution >= 0.6 is 0 Å². The first-order valence-electron chi connectivity index (χ1n) is 7.78. The minimum absolute atomic E-state index is 0.232. The first-order valence-corrected chi connectivity index (χ1v) is 7.78. The molecule has 1 fully saturated rings. The van der Waals surface area contributed by atoms with Crippen LogP contribution in [0.4, 0.5) is 0 Å². The zero-order chi connectivity index (χ0) is 16.1. The maximum Gasteiger partial charge on any atom is 0.308 e. The summed E-state index contributed by atoms with van der Waals surface area (Å²) in [7, 11) is 0. The fourth-order valence-corrected chi connectivity index (χ4v) is 2.87. The summed E-state index contributed by atoms with van der Waals surface area (Å²) in [5.74, 6) is -0.870. The number of para-hydroxylation sites is 1. The molecule has 1 unspecified atom stereocenters. The zero-order valence-corrected chi connectivity index (χ0v) is 13.0. The van der Waals surface area contributed by atoms with Gasteiger partial charge in [0.05, 0.1) is 5.92 Å². The summed E-state index contributed by atoms with van der Waals surface area (Å²) < 4.78 is 5.80. The van der Waals surface area contributed by atoms with E-state index in [4.69, 9.17) is 4.74 Å². The average Bonchev–Trinajstić information content (AvgIpc) is 2.94. The van der Waals surface area contributed by atoms with Crippen molar-refractivity contribution in [2.75, 3.05) is 0 Å². The number of carboxylic acids is 1. The van der Waals surface area contributed by atoms with Crippen molar-refractivity contribution in [3.05, 3.63) is 29.8 Å². The van der Waals surface area contributed by atoms with Crippen LogP contribution in [0.15, 0.2) is 24.3 Å². The molecule has 0 aliphatic heterocycles. The van der Waals surface area contributed by atoms with E-state index < -0.39 is 18.0 Å². The summed E-state index contributed by atoms with van der Waals surface area (Å²) in [5.41, 5.74) is 0.970. The van der Waals surface area contributed by atoms with Gasteiger partial charge in [-0.3, -0.25) is 9.59 Å². The predicted octanol–water partition coefficient (Wildman–Crippen LogP) is 2.52. The third-order valence-electron chi connectivity index (χ3n) is 4.19. The molecule has 2 N–H and O–H groups in total. The Morgan fingerprint density at radius 1 is 1.36 bits per heavy atom. The molecule has 0 radical (unpaired) electrons. The van der Waals surface area contributed by atoms with E-state index >= 15 is 0 Å². The third-order valence-corrected chi connectivity index (χ3v) is 4.19. The van der Waals surface area contributed by atoms with E-state index in [0.29, 0.717) is 25.0 Å². The third kappa shape index (κ3) is 3.78. The average molecular weight is 305 g/mol. The second kappa shape index (κ2) is 7.29. The number of hydrogen-bond donors (Lipinski definition) is 2. The molecule has 3 atom stereocenters. The fraction of sp³-hybridized carbons (Fsp3) is 0.529. The molecule has 5 heteroatoms. The Labute approximate surface area is 130 Å². The number of nitrogens with one attached hydrogen (secondary N) is 1. The number of carbonyl (C=O) groups is 2. The van der Waals surface area contributed by atoms with E-state index in [1.165, 1.54) is 0 Å². The lowest BCUT2D eigenvalue weighted by atomic mass is 10.0. The lowest BCUT2D eigenvalue weighted by molar-refractivity contribution is -0.142. The summed E-state index contributed by atoms with van der Waals surface area (Å²) in [5, 5.41) is 12.0. The van der Waals surface area contributed by atoms with E-state index in [0.717, 1.165) is 12.0 Å². The maximum absolute atomic E-state index is 12.4. The lowest BCUT2D eigenvalue weighted by Crippen LogP contribution is -2.46. The highest BCUT2D eigenvalue weighted by Crippen LogP contribution is 2.26. The summed E-state index contributed by atoms with van der Waals surface area (Å²) in [6.45, 7) is 3.81. The molecule has 0 saturated heterocycles. The molecular weight excluding hydrogens is 282 g/mol. The Bertz CT molecular complexity index is 543. The van der Waals surface area contributed by atoms with Crippen molar-refractivity contribution in [3.63, 3.8) is 0 Å². The van der Waals surface area contributed by atoms with Gasteiger partial charge < -0.3 is 15.2 Å². The van der Waals surface area contributed by atoms with Crippen LogP contribution in [0, 0.1) is 12.8 Å². The van der Waals surface area contributed by atoms with Gasteiger partial charge in [0.1, 0.15) is 5.75 Å². The van der Waals surface area contributed by atoms with Gasteiger partial charge in [0.15, 0.2) is 6.10 Å². The number of ether oxygens (including phenoxy) is 1. The van der Waals surface area contributed by atoms with Crippen molar-refractivity contribution in [2.45, 2.75) is 51.7 Å². The van der Waals surface area contributed by atoms with Gasteiger partial charge in [0.2, 0.25) is 0 Å². The highest BCUT2D eigenvalue weighted by atomic mass is 16.5. The van der Waals surface area contributed by atoms with E-state index in [1.54, 1.807) is 0 Å². The zero-order valence-electron chi connectivity index (χ0n) is 13.0. The van der Waals surface area contributed by atoms with Gasteiger partial charge in [0, 0.05) is 6.04 Å². The normalized spacial score (nSPS) is 22.1. The van der Waals surface area contributed by atoms with Crippen LogP contribution in [0.25, 0.3) is 0 Å².